The zero-order valence-electron chi connectivity index (χ0n) is 7.99. The Bertz CT molecular complexity index is 389. The Morgan fingerprint density at radius 3 is 2.73 bits per heavy atom. The van der Waals surface area contributed by atoms with Gasteiger partial charge in [0.25, 0.3) is 0 Å². The van der Waals surface area contributed by atoms with E-state index < -0.39 is 11.4 Å². The molecule has 0 radical (unpaired) electrons. The molecule has 15 heavy (non-hydrogen) atoms. The van der Waals surface area contributed by atoms with E-state index in [9.17, 15) is 4.39 Å². The lowest BCUT2D eigenvalue weighted by molar-refractivity contribution is 0.459. The van der Waals surface area contributed by atoms with Crippen molar-refractivity contribution in [1.82, 2.24) is 5.32 Å². The van der Waals surface area contributed by atoms with E-state index in [1.165, 1.54) is 12.1 Å². The second kappa shape index (κ2) is 3.91. The second-order valence-electron chi connectivity index (χ2n) is 3.80. The molecular formula is C10H11Cl2FN2. The average Bonchev–Trinajstić information content (AvgIpc) is 2.60. The van der Waals surface area contributed by atoms with Gasteiger partial charge in [0.05, 0.1) is 15.6 Å². The summed E-state index contributed by atoms with van der Waals surface area (Å²) in [6, 6.07) is 2.74. The SMILES string of the molecule is NC1(c2c(F)ccc(Cl)c2Cl)CCNC1. The maximum atomic E-state index is 13.7. The van der Waals surface area contributed by atoms with Gasteiger partial charge in [-0.15, -0.1) is 0 Å². The first-order chi connectivity index (χ1) is 7.04. The summed E-state index contributed by atoms with van der Waals surface area (Å²) in [5.41, 5.74) is 5.68. The standard InChI is InChI=1S/C10H11Cl2FN2/c11-6-1-2-7(13)8(9(6)12)10(14)3-4-15-5-10/h1-2,15H,3-5,14H2. The minimum atomic E-state index is -0.744. The number of nitrogens with one attached hydrogen (secondary N) is 1. The Morgan fingerprint density at radius 2 is 2.13 bits per heavy atom. The number of hydrogen-bond donors (Lipinski definition) is 2. The van der Waals surface area contributed by atoms with E-state index in [2.05, 4.69) is 5.32 Å². The average molecular weight is 249 g/mol. The molecule has 1 aliphatic heterocycles. The van der Waals surface area contributed by atoms with Crippen LogP contribution in [0.3, 0.4) is 0 Å². The Balaban J connectivity index is 2.55. The zero-order valence-corrected chi connectivity index (χ0v) is 9.50. The molecule has 0 saturated carbocycles. The van der Waals surface area contributed by atoms with Crippen LogP contribution in [0, 0.1) is 5.82 Å². The number of rotatable bonds is 1. The van der Waals surface area contributed by atoms with Crippen LogP contribution in [0.25, 0.3) is 0 Å². The highest BCUT2D eigenvalue weighted by atomic mass is 35.5. The molecule has 0 aliphatic carbocycles. The highest BCUT2D eigenvalue weighted by molar-refractivity contribution is 6.42. The first kappa shape index (κ1) is 11.1. The Kier molecular flexibility index (Phi) is 2.90. The van der Waals surface area contributed by atoms with Gasteiger partial charge in [-0.2, -0.15) is 0 Å². The van der Waals surface area contributed by atoms with Crippen LogP contribution in [0.5, 0.6) is 0 Å². The molecule has 1 heterocycles. The lowest BCUT2D eigenvalue weighted by Crippen LogP contribution is -2.40. The van der Waals surface area contributed by atoms with Gasteiger partial charge in [-0.25, -0.2) is 4.39 Å². The summed E-state index contributed by atoms with van der Waals surface area (Å²) in [5, 5.41) is 3.65. The van der Waals surface area contributed by atoms with Crippen molar-refractivity contribution in [1.29, 1.82) is 0 Å². The van der Waals surface area contributed by atoms with Crippen LogP contribution in [0.2, 0.25) is 10.0 Å². The zero-order chi connectivity index (χ0) is 11.1. The topological polar surface area (TPSA) is 38.0 Å². The fourth-order valence-corrected chi connectivity index (χ4v) is 2.41. The first-order valence-electron chi connectivity index (χ1n) is 4.68. The molecule has 1 fully saturated rings. The molecule has 3 N–H and O–H groups in total. The van der Waals surface area contributed by atoms with Gasteiger partial charge in [0.15, 0.2) is 0 Å². The summed E-state index contributed by atoms with van der Waals surface area (Å²) < 4.78 is 13.7. The number of nitrogens with two attached hydrogens (primary N) is 1. The van der Waals surface area contributed by atoms with Crippen molar-refractivity contribution in [3.63, 3.8) is 0 Å². The van der Waals surface area contributed by atoms with Gasteiger partial charge in [-0.1, -0.05) is 23.2 Å². The summed E-state index contributed by atoms with van der Waals surface area (Å²) in [6.07, 6.45) is 0.657. The highest BCUT2D eigenvalue weighted by Gasteiger charge is 2.36. The van der Waals surface area contributed by atoms with E-state index >= 15 is 0 Å². The van der Waals surface area contributed by atoms with E-state index in [0.29, 0.717) is 23.6 Å². The Labute approximate surface area is 97.5 Å². The molecule has 82 valence electrons. The van der Waals surface area contributed by atoms with E-state index in [1.54, 1.807) is 0 Å². The molecule has 1 aromatic rings. The number of hydrogen-bond acceptors (Lipinski definition) is 2. The van der Waals surface area contributed by atoms with Crippen LogP contribution in [0.15, 0.2) is 12.1 Å². The molecule has 1 saturated heterocycles. The molecule has 0 amide bonds. The lowest BCUT2D eigenvalue weighted by atomic mass is 9.90. The predicted molar refractivity (Wildman–Crippen MR) is 59.8 cm³/mol. The van der Waals surface area contributed by atoms with Gasteiger partial charge in [0.2, 0.25) is 0 Å². The second-order valence-corrected chi connectivity index (χ2v) is 4.59. The van der Waals surface area contributed by atoms with Crippen molar-refractivity contribution < 1.29 is 4.39 Å². The fourth-order valence-electron chi connectivity index (χ4n) is 1.91. The van der Waals surface area contributed by atoms with Gasteiger partial charge in [-0.3, -0.25) is 0 Å². The maximum Gasteiger partial charge on any atom is 0.129 e. The van der Waals surface area contributed by atoms with Crippen LogP contribution in [0.4, 0.5) is 4.39 Å². The number of halogens is 3. The third-order valence-electron chi connectivity index (χ3n) is 2.73. The monoisotopic (exact) mass is 248 g/mol. The smallest absolute Gasteiger partial charge is 0.129 e. The van der Waals surface area contributed by atoms with Crippen molar-refractivity contribution in [2.24, 2.45) is 5.73 Å². The molecule has 0 spiro atoms. The predicted octanol–water partition coefficient (Wildman–Crippen LogP) is 2.28. The van der Waals surface area contributed by atoms with Crippen LogP contribution in [0.1, 0.15) is 12.0 Å². The third kappa shape index (κ3) is 1.85. The summed E-state index contributed by atoms with van der Waals surface area (Å²) in [5.74, 6) is -0.393. The van der Waals surface area contributed by atoms with Crippen LogP contribution in [-0.4, -0.2) is 13.1 Å². The Morgan fingerprint density at radius 1 is 1.40 bits per heavy atom. The third-order valence-corrected chi connectivity index (χ3v) is 3.53. The largest absolute Gasteiger partial charge is 0.320 e. The molecule has 2 nitrogen and oxygen atoms in total. The molecule has 1 aromatic carbocycles. The van der Waals surface area contributed by atoms with Crippen LogP contribution in [-0.2, 0) is 5.54 Å². The van der Waals surface area contributed by atoms with Gasteiger partial charge in [0.1, 0.15) is 5.82 Å². The lowest BCUT2D eigenvalue weighted by Gasteiger charge is -2.25. The summed E-state index contributed by atoms with van der Waals surface area (Å²) >= 11 is 11.8. The van der Waals surface area contributed by atoms with Crippen LogP contribution >= 0.6 is 23.2 Å². The van der Waals surface area contributed by atoms with Crippen molar-refractivity contribution in [2.75, 3.05) is 13.1 Å². The minimum absolute atomic E-state index is 0.225. The van der Waals surface area contributed by atoms with E-state index in [0.717, 1.165) is 6.54 Å². The minimum Gasteiger partial charge on any atom is -0.320 e. The normalized spacial score (nSPS) is 25.9. The molecule has 0 aromatic heterocycles. The number of benzene rings is 1. The first-order valence-corrected chi connectivity index (χ1v) is 5.44. The summed E-state index contributed by atoms with van der Waals surface area (Å²) in [4.78, 5) is 0. The molecule has 1 aliphatic rings. The molecule has 1 atom stereocenters. The van der Waals surface area contributed by atoms with Gasteiger partial charge in [0, 0.05) is 12.1 Å². The van der Waals surface area contributed by atoms with Gasteiger partial charge < -0.3 is 11.1 Å². The van der Waals surface area contributed by atoms with Crippen molar-refractivity contribution >= 4 is 23.2 Å². The molecular weight excluding hydrogens is 238 g/mol. The summed E-state index contributed by atoms with van der Waals surface area (Å²) in [7, 11) is 0. The van der Waals surface area contributed by atoms with Crippen LogP contribution < -0.4 is 11.1 Å². The molecule has 2 rings (SSSR count). The highest BCUT2D eigenvalue weighted by Crippen LogP contribution is 2.36. The quantitative estimate of drug-likeness (QED) is 0.749. The molecule has 1 unspecified atom stereocenters. The van der Waals surface area contributed by atoms with Crippen molar-refractivity contribution in [3.05, 3.63) is 33.6 Å². The van der Waals surface area contributed by atoms with Gasteiger partial charge >= 0.3 is 0 Å². The van der Waals surface area contributed by atoms with Crippen molar-refractivity contribution in [3.8, 4) is 0 Å². The van der Waals surface area contributed by atoms with Crippen molar-refractivity contribution in [2.45, 2.75) is 12.0 Å². The fraction of sp³-hybridized carbons (Fsp3) is 0.400. The Hall–Kier alpha value is -0.350. The van der Waals surface area contributed by atoms with E-state index in [-0.39, 0.29) is 5.02 Å². The van der Waals surface area contributed by atoms with Gasteiger partial charge in [-0.05, 0) is 25.1 Å². The van der Waals surface area contributed by atoms with E-state index in [4.69, 9.17) is 28.9 Å². The maximum absolute atomic E-state index is 13.7. The molecule has 0 bridgehead atoms. The summed E-state index contributed by atoms with van der Waals surface area (Å²) in [6.45, 7) is 1.28. The molecule has 5 heteroatoms. The van der Waals surface area contributed by atoms with E-state index in [1.807, 2.05) is 0 Å².